The monoisotopic (exact) mass is 484 g/mol. The van der Waals surface area contributed by atoms with Crippen molar-refractivity contribution in [1.29, 1.82) is 0 Å². The summed E-state index contributed by atoms with van der Waals surface area (Å²) in [5, 5.41) is 3.70. The van der Waals surface area contributed by atoms with Crippen LogP contribution in [0.15, 0.2) is 66.1 Å². The summed E-state index contributed by atoms with van der Waals surface area (Å²) in [5.74, 6) is -0.207. The van der Waals surface area contributed by atoms with Gasteiger partial charge in [-0.25, -0.2) is 13.4 Å². The van der Waals surface area contributed by atoms with Gasteiger partial charge >= 0.3 is 0 Å². The second-order valence-electron chi connectivity index (χ2n) is 8.80. The highest BCUT2D eigenvalue weighted by molar-refractivity contribution is 7.89. The van der Waals surface area contributed by atoms with Gasteiger partial charge < -0.3 is 9.88 Å². The van der Waals surface area contributed by atoms with Crippen molar-refractivity contribution in [2.45, 2.75) is 35.7 Å². The second-order valence-corrected chi connectivity index (χ2v) is 11.1. The minimum Gasteiger partial charge on any atom is -0.348 e. The zero-order chi connectivity index (χ0) is 23.2. The molecule has 1 amide bonds. The smallest absolute Gasteiger partial charge is 0.262 e. The summed E-state index contributed by atoms with van der Waals surface area (Å²) in [4.78, 5) is 17.1. The Morgan fingerprint density at radius 1 is 1.12 bits per heavy atom. The summed E-state index contributed by atoms with van der Waals surface area (Å²) >= 11 is 6.26. The van der Waals surface area contributed by atoms with Crippen molar-refractivity contribution < 1.29 is 13.2 Å². The maximum Gasteiger partial charge on any atom is 0.262 e. The first kappa shape index (κ1) is 22.1. The molecule has 1 aliphatic heterocycles. The van der Waals surface area contributed by atoms with Crippen LogP contribution in [-0.2, 0) is 28.9 Å². The molecule has 5 rings (SSSR count). The number of benzene rings is 2. The molecule has 1 aromatic heterocycles. The van der Waals surface area contributed by atoms with Crippen LogP contribution >= 0.6 is 11.6 Å². The van der Waals surface area contributed by atoms with Crippen LogP contribution in [0.5, 0.6) is 0 Å². The van der Waals surface area contributed by atoms with Gasteiger partial charge in [-0.3, -0.25) is 4.79 Å². The van der Waals surface area contributed by atoms with Crippen LogP contribution in [0, 0.1) is 0 Å². The first-order valence-electron chi connectivity index (χ1n) is 10.9. The standard InChI is InChI=1S/C24H25ClN4O3S/c1-28-15-22(26-16-28)33(31,32)29-12-10-24(11-13-29)19-8-4-2-6-17(19)14-21(24)27-23(30)18-7-3-5-9-20(18)25/h2-9,15-16,21H,10-14H2,1H3,(H,27,30)/t21-/m1/s1. The van der Waals surface area contributed by atoms with E-state index in [0.29, 0.717) is 42.9 Å². The summed E-state index contributed by atoms with van der Waals surface area (Å²) in [5.41, 5.74) is 2.51. The van der Waals surface area contributed by atoms with Crippen LogP contribution in [0.2, 0.25) is 5.02 Å². The molecule has 0 unspecified atom stereocenters. The minimum absolute atomic E-state index is 0.0661. The Labute approximate surface area is 198 Å². The van der Waals surface area contributed by atoms with Crippen LogP contribution in [-0.4, -0.2) is 47.3 Å². The van der Waals surface area contributed by atoms with Crippen molar-refractivity contribution in [3.05, 3.63) is 82.8 Å². The molecule has 0 radical (unpaired) electrons. The maximum atomic E-state index is 13.1. The van der Waals surface area contributed by atoms with Gasteiger partial charge in [0.05, 0.1) is 16.9 Å². The lowest BCUT2D eigenvalue weighted by Crippen LogP contribution is -2.54. The number of aromatic nitrogens is 2. The van der Waals surface area contributed by atoms with E-state index < -0.39 is 10.0 Å². The number of fused-ring (bicyclic) bond motifs is 2. The van der Waals surface area contributed by atoms with E-state index in [1.165, 1.54) is 28.0 Å². The molecule has 2 aliphatic rings. The van der Waals surface area contributed by atoms with E-state index >= 15 is 0 Å². The summed E-state index contributed by atoms with van der Waals surface area (Å²) in [6, 6.07) is 15.1. The van der Waals surface area contributed by atoms with E-state index in [1.807, 2.05) is 12.1 Å². The number of nitrogens with zero attached hydrogens (tertiary/aromatic N) is 3. The van der Waals surface area contributed by atoms with Crippen LogP contribution < -0.4 is 5.32 Å². The molecule has 33 heavy (non-hydrogen) atoms. The third-order valence-electron chi connectivity index (χ3n) is 6.97. The number of sulfonamides is 1. The fraction of sp³-hybridized carbons (Fsp3) is 0.333. The number of hydrogen-bond donors (Lipinski definition) is 1. The average Bonchev–Trinajstić information content (AvgIpc) is 3.37. The number of halogens is 1. The maximum absolute atomic E-state index is 13.1. The minimum atomic E-state index is -3.66. The third kappa shape index (κ3) is 3.76. The summed E-state index contributed by atoms with van der Waals surface area (Å²) in [6.07, 6.45) is 4.95. The fourth-order valence-electron chi connectivity index (χ4n) is 5.26. The van der Waals surface area contributed by atoms with Gasteiger partial charge in [0.15, 0.2) is 5.03 Å². The Kier molecular flexibility index (Phi) is 5.55. The summed E-state index contributed by atoms with van der Waals surface area (Å²) in [6.45, 7) is 0.734. The molecule has 7 nitrogen and oxygen atoms in total. The van der Waals surface area contributed by atoms with E-state index in [0.717, 1.165) is 0 Å². The van der Waals surface area contributed by atoms with Crippen molar-refractivity contribution in [2.75, 3.05) is 13.1 Å². The third-order valence-corrected chi connectivity index (χ3v) is 9.08. The highest BCUT2D eigenvalue weighted by Crippen LogP contribution is 2.47. The number of carbonyl (C=O) groups is 1. The number of hydrogen-bond acceptors (Lipinski definition) is 4. The molecule has 1 fully saturated rings. The van der Waals surface area contributed by atoms with Crippen molar-refractivity contribution >= 4 is 27.5 Å². The van der Waals surface area contributed by atoms with E-state index in [-0.39, 0.29) is 22.4 Å². The lowest BCUT2D eigenvalue weighted by molar-refractivity contribution is 0.0897. The molecule has 3 aromatic rings. The highest BCUT2D eigenvalue weighted by Gasteiger charge is 2.50. The largest absolute Gasteiger partial charge is 0.348 e. The van der Waals surface area contributed by atoms with Gasteiger partial charge in [-0.05, 0) is 42.5 Å². The van der Waals surface area contributed by atoms with E-state index in [1.54, 1.807) is 35.9 Å². The molecule has 172 valence electrons. The predicted molar refractivity (Wildman–Crippen MR) is 126 cm³/mol. The van der Waals surface area contributed by atoms with Gasteiger partial charge in [-0.2, -0.15) is 4.31 Å². The van der Waals surface area contributed by atoms with Crippen molar-refractivity contribution in [1.82, 2.24) is 19.2 Å². The zero-order valence-electron chi connectivity index (χ0n) is 18.2. The van der Waals surface area contributed by atoms with Gasteiger partial charge in [0.25, 0.3) is 15.9 Å². The number of piperidine rings is 1. The quantitative estimate of drug-likeness (QED) is 0.616. The molecule has 1 spiro atoms. The highest BCUT2D eigenvalue weighted by atomic mass is 35.5. The van der Waals surface area contributed by atoms with Gasteiger partial charge in [0.1, 0.15) is 0 Å². The number of imidazole rings is 1. The molecule has 1 saturated heterocycles. The zero-order valence-corrected chi connectivity index (χ0v) is 19.8. The molecular formula is C24H25ClN4O3S. The second kappa shape index (κ2) is 8.27. The number of aryl methyl sites for hydroxylation is 1. The average molecular weight is 485 g/mol. The summed E-state index contributed by atoms with van der Waals surface area (Å²) in [7, 11) is -1.91. The van der Waals surface area contributed by atoms with Crippen LogP contribution in [0.3, 0.4) is 0 Å². The Morgan fingerprint density at radius 2 is 1.82 bits per heavy atom. The Balaban J connectivity index is 1.42. The van der Waals surface area contributed by atoms with Crippen molar-refractivity contribution in [3.8, 4) is 0 Å². The topological polar surface area (TPSA) is 84.3 Å². The number of rotatable bonds is 4. The Hall–Kier alpha value is -2.68. The van der Waals surface area contributed by atoms with Gasteiger partial charge in [0.2, 0.25) is 0 Å². The Morgan fingerprint density at radius 3 is 2.52 bits per heavy atom. The van der Waals surface area contributed by atoms with Crippen LogP contribution in [0.4, 0.5) is 0 Å². The molecular weight excluding hydrogens is 460 g/mol. The van der Waals surface area contributed by atoms with Crippen LogP contribution in [0.25, 0.3) is 0 Å². The van der Waals surface area contributed by atoms with E-state index in [2.05, 4.69) is 22.4 Å². The molecule has 2 aromatic carbocycles. The number of amides is 1. The van der Waals surface area contributed by atoms with E-state index in [9.17, 15) is 13.2 Å². The number of nitrogens with one attached hydrogen (secondary N) is 1. The molecule has 1 aliphatic carbocycles. The number of carbonyl (C=O) groups excluding carboxylic acids is 1. The normalized spacial score (nSPS) is 20.0. The first-order valence-corrected chi connectivity index (χ1v) is 12.7. The Bertz CT molecular complexity index is 1310. The molecule has 0 bridgehead atoms. The van der Waals surface area contributed by atoms with E-state index in [4.69, 9.17) is 11.6 Å². The lowest BCUT2D eigenvalue weighted by Gasteiger charge is -2.43. The molecule has 2 heterocycles. The predicted octanol–water partition coefficient (Wildman–Crippen LogP) is 3.15. The summed E-state index contributed by atoms with van der Waals surface area (Å²) < 4.78 is 29.3. The molecule has 9 heteroatoms. The van der Waals surface area contributed by atoms with Crippen LogP contribution in [0.1, 0.15) is 34.3 Å². The SMILES string of the molecule is Cn1cnc(S(=O)(=O)N2CCC3(CC2)c2ccccc2C[C@H]3NC(=O)c2ccccc2Cl)c1. The van der Waals surface area contributed by atoms with Crippen molar-refractivity contribution in [2.24, 2.45) is 7.05 Å². The lowest BCUT2D eigenvalue weighted by atomic mass is 9.71. The van der Waals surface area contributed by atoms with Gasteiger partial charge in [0, 0.05) is 37.8 Å². The molecule has 0 saturated carbocycles. The van der Waals surface area contributed by atoms with Gasteiger partial charge in [-0.1, -0.05) is 48.0 Å². The van der Waals surface area contributed by atoms with Gasteiger partial charge in [-0.15, -0.1) is 0 Å². The fourth-order valence-corrected chi connectivity index (χ4v) is 6.88. The first-order chi connectivity index (χ1) is 15.8. The molecule has 1 N–H and O–H groups in total. The molecule has 1 atom stereocenters. The van der Waals surface area contributed by atoms with Crippen molar-refractivity contribution in [3.63, 3.8) is 0 Å².